The highest BCUT2D eigenvalue weighted by atomic mass is 16.5. The zero-order chi connectivity index (χ0) is 17.9. The van der Waals surface area contributed by atoms with Crippen molar-refractivity contribution in [3.8, 4) is 5.88 Å². The molecule has 6 heteroatoms. The molecule has 1 aliphatic rings. The second-order valence-electron chi connectivity index (χ2n) is 6.23. The molecule has 132 valence electrons. The van der Waals surface area contributed by atoms with Gasteiger partial charge in [0.15, 0.2) is 0 Å². The van der Waals surface area contributed by atoms with Crippen LogP contribution in [0.5, 0.6) is 5.88 Å². The molecule has 1 aliphatic heterocycles. The van der Waals surface area contributed by atoms with Gasteiger partial charge in [-0.05, 0) is 16.3 Å². The van der Waals surface area contributed by atoms with Gasteiger partial charge in [0, 0.05) is 19.2 Å². The Bertz CT molecular complexity index is 933. The Hall–Kier alpha value is -2.99. The zero-order valence-electron chi connectivity index (χ0n) is 14.5. The van der Waals surface area contributed by atoms with Crippen LogP contribution in [0.1, 0.15) is 16.1 Å². The smallest absolute Gasteiger partial charge is 0.272 e. The lowest BCUT2D eigenvalue weighted by molar-refractivity contribution is -0.0501. The molecule has 0 saturated carbocycles. The van der Waals surface area contributed by atoms with Crippen LogP contribution >= 0.6 is 0 Å². The molecular weight excluding hydrogens is 330 g/mol. The van der Waals surface area contributed by atoms with E-state index in [-0.39, 0.29) is 12.0 Å². The number of fused-ring (bicyclic) bond motifs is 1. The number of nitrogens with zero attached hydrogens (tertiary/aromatic N) is 3. The number of methoxy groups -OCH3 is 1. The SMILES string of the molecule is COc1cc(C(=O)N2CC(OCc3cccc4ccccc34)C2)ncn1. The summed E-state index contributed by atoms with van der Waals surface area (Å²) >= 11 is 0. The molecule has 1 aromatic heterocycles. The van der Waals surface area contributed by atoms with Crippen molar-refractivity contribution in [3.05, 3.63) is 66.1 Å². The van der Waals surface area contributed by atoms with E-state index in [1.165, 1.54) is 24.2 Å². The molecule has 1 fully saturated rings. The van der Waals surface area contributed by atoms with E-state index >= 15 is 0 Å². The van der Waals surface area contributed by atoms with Crippen LogP contribution in [0.15, 0.2) is 54.9 Å². The van der Waals surface area contributed by atoms with Crippen molar-refractivity contribution in [2.24, 2.45) is 0 Å². The lowest BCUT2D eigenvalue weighted by atomic mass is 10.1. The van der Waals surface area contributed by atoms with Crippen LogP contribution in [0.25, 0.3) is 10.8 Å². The number of hydrogen-bond donors (Lipinski definition) is 0. The average Bonchev–Trinajstić information content (AvgIpc) is 2.66. The van der Waals surface area contributed by atoms with E-state index in [2.05, 4.69) is 34.2 Å². The van der Waals surface area contributed by atoms with Gasteiger partial charge in [0.05, 0.1) is 19.8 Å². The van der Waals surface area contributed by atoms with Gasteiger partial charge in [0.25, 0.3) is 5.91 Å². The van der Waals surface area contributed by atoms with E-state index in [0.717, 1.165) is 5.56 Å². The van der Waals surface area contributed by atoms with Gasteiger partial charge in [-0.15, -0.1) is 0 Å². The van der Waals surface area contributed by atoms with E-state index in [1.807, 2.05) is 18.2 Å². The molecule has 1 amide bonds. The minimum absolute atomic E-state index is 0.0432. The number of hydrogen-bond acceptors (Lipinski definition) is 5. The van der Waals surface area contributed by atoms with Gasteiger partial charge in [-0.2, -0.15) is 0 Å². The summed E-state index contributed by atoms with van der Waals surface area (Å²) in [5, 5.41) is 2.41. The molecule has 0 N–H and O–H groups in total. The van der Waals surface area contributed by atoms with E-state index < -0.39 is 0 Å². The minimum Gasteiger partial charge on any atom is -0.481 e. The van der Waals surface area contributed by atoms with Crippen molar-refractivity contribution in [1.82, 2.24) is 14.9 Å². The maximum Gasteiger partial charge on any atom is 0.272 e. The molecule has 0 atom stereocenters. The Kier molecular flexibility index (Phi) is 4.50. The number of aromatic nitrogens is 2. The van der Waals surface area contributed by atoms with Crippen molar-refractivity contribution >= 4 is 16.7 Å². The minimum atomic E-state index is -0.129. The van der Waals surface area contributed by atoms with E-state index in [1.54, 1.807) is 11.0 Å². The Labute approximate surface area is 151 Å². The number of carbonyl (C=O) groups excluding carboxylic acids is 1. The predicted octanol–water partition coefficient (Wildman–Crippen LogP) is 2.68. The monoisotopic (exact) mass is 349 g/mol. The third-order valence-electron chi connectivity index (χ3n) is 4.56. The van der Waals surface area contributed by atoms with Crippen LogP contribution in [0.3, 0.4) is 0 Å². The quantitative estimate of drug-likeness (QED) is 0.709. The van der Waals surface area contributed by atoms with Gasteiger partial charge in [-0.3, -0.25) is 4.79 Å². The van der Waals surface area contributed by atoms with E-state index in [9.17, 15) is 4.79 Å². The summed E-state index contributed by atoms with van der Waals surface area (Å²) in [6.45, 7) is 1.67. The van der Waals surface area contributed by atoms with E-state index in [4.69, 9.17) is 9.47 Å². The molecule has 2 aromatic carbocycles. The first kappa shape index (κ1) is 16.5. The van der Waals surface area contributed by atoms with Gasteiger partial charge in [-0.1, -0.05) is 42.5 Å². The van der Waals surface area contributed by atoms with Crippen LogP contribution in [0.2, 0.25) is 0 Å². The molecule has 0 aliphatic carbocycles. The summed E-state index contributed by atoms with van der Waals surface area (Å²) in [6.07, 6.45) is 1.38. The molecule has 0 radical (unpaired) electrons. The van der Waals surface area contributed by atoms with E-state index in [0.29, 0.717) is 31.3 Å². The summed E-state index contributed by atoms with van der Waals surface area (Å²) in [5.41, 5.74) is 1.50. The largest absolute Gasteiger partial charge is 0.481 e. The lowest BCUT2D eigenvalue weighted by Crippen LogP contribution is -2.54. The highest BCUT2D eigenvalue weighted by Crippen LogP contribution is 2.22. The molecule has 0 bridgehead atoms. The second kappa shape index (κ2) is 7.09. The summed E-state index contributed by atoms with van der Waals surface area (Å²) in [4.78, 5) is 22.1. The first-order valence-corrected chi connectivity index (χ1v) is 8.48. The normalized spacial score (nSPS) is 14.3. The molecule has 4 rings (SSSR count). The van der Waals surface area contributed by atoms with Gasteiger partial charge in [0.1, 0.15) is 12.0 Å². The number of amides is 1. The average molecular weight is 349 g/mol. The van der Waals surface area contributed by atoms with Gasteiger partial charge in [-0.25, -0.2) is 9.97 Å². The predicted molar refractivity (Wildman–Crippen MR) is 97.0 cm³/mol. The maximum absolute atomic E-state index is 12.4. The summed E-state index contributed by atoms with van der Waals surface area (Å²) in [5.74, 6) is 0.253. The number of benzene rings is 2. The maximum atomic E-state index is 12.4. The van der Waals surface area contributed by atoms with Crippen molar-refractivity contribution in [3.63, 3.8) is 0 Å². The van der Waals surface area contributed by atoms with Gasteiger partial charge >= 0.3 is 0 Å². The lowest BCUT2D eigenvalue weighted by Gasteiger charge is -2.38. The number of carbonyl (C=O) groups is 1. The topological polar surface area (TPSA) is 64.5 Å². The van der Waals surface area contributed by atoms with Crippen molar-refractivity contribution in [2.45, 2.75) is 12.7 Å². The molecule has 0 spiro atoms. The highest BCUT2D eigenvalue weighted by Gasteiger charge is 2.32. The third kappa shape index (κ3) is 3.23. The van der Waals surface area contributed by atoms with Crippen molar-refractivity contribution in [1.29, 1.82) is 0 Å². The Morgan fingerprint density at radius 3 is 2.81 bits per heavy atom. The van der Waals surface area contributed by atoms with Crippen LogP contribution in [0, 0.1) is 0 Å². The molecule has 2 heterocycles. The summed E-state index contributed by atoms with van der Waals surface area (Å²) in [7, 11) is 1.51. The highest BCUT2D eigenvalue weighted by molar-refractivity contribution is 5.93. The molecule has 0 unspecified atom stereocenters. The van der Waals surface area contributed by atoms with Crippen molar-refractivity contribution < 1.29 is 14.3 Å². The Morgan fingerprint density at radius 2 is 1.96 bits per heavy atom. The van der Waals surface area contributed by atoms with Crippen LogP contribution in [-0.2, 0) is 11.3 Å². The summed E-state index contributed by atoms with van der Waals surface area (Å²) < 4.78 is 11.0. The third-order valence-corrected chi connectivity index (χ3v) is 4.56. The first-order chi connectivity index (χ1) is 12.7. The van der Waals surface area contributed by atoms with Gasteiger partial charge < -0.3 is 14.4 Å². The van der Waals surface area contributed by atoms with Crippen LogP contribution < -0.4 is 4.74 Å². The molecule has 3 aromatic rings. The fourth-order valence-corrected chi connectivity index (χ4v) is 3.07. The fraction of sp³-hybridized carbons (Fsp3) is 0.250. The Morgan fingerprint density at radius 1 is 1.15 bits per heavy atom. The van der Waals surface area contributed by atoms with Crippen molar-refractivity contribution in [2.75, 3.05) is 20.2 Å². The number of ether oxygens (including phenoxy) is 2. The molecule has 1 saturated heterocycles. The fourth-order valence-electron chi connectivity index (χ4n) is 3.07. The summed E-state index contributed by atoms with van der Waals surface area (Å²) in [6, 6.07) is 16.0. The van der Waals surface area contributed by atoms with Crippen LogP contribution in [-0.4, -0.2) is 47.1 Å². The molecule has 6 nitrogen and oxygen atoms in total. The molecular formula is C20H19N3O3. The van der Waals surface area contributed by atoms with Gasteiger partial charge in [0.2, 0.25) is 5.88 Å². The number of rotatable bonds is 5. The van der Waals surface area contributed by atoms with Crippen LogP contribution in [0.4, 0.5) is 0 Å². The standard InChI is InChI=1S/C20H19N3O3/c1-25-19-9-18(21-13-22-19)20(24)23-10-16(11-23)26-12-15-7-4-6-14-5-2-3-8-17(14)15/h2-9,13,16H,10-12H2,1H3. The molecule has 26 heavy (non-hydrogen) atoms. The first-order valence-electron chi connectivity index (χ1n) is 8.48. The Balaban J connectivity index is 1.34. The number of likely N-dealkylation sites (tertiary alicyclic amines) is 1. The zero-order valence-corrected chi connectivity index (χ0v) is 14.5. The second-order valence-corrected chi connectivity index (χ2v) is 6.23.